The van der Waals surface area contributed by atoms with E-state index in [2.05, 4.69) is 5.32 Å². The van der Waals surface area contributed by atoms with E-state index in [1.54, 1.807) is 0 Å². The minimum absolute atomic E-state index is 0.359. The zero-order valence-corrected chi connectivity index (χ0v) is 11.2. The maximum atomic E-state index is 5.94. The third-order valence-corrected chi connectivity index (χ3v) is 4.36. The average Bonchev–Trinajstić information content (AvgIpc) is 3.04. The third-order valence-electron chi connectivity index (χ3n) is 3.05. The van der Waals surface area contributed by atoms with Gasteiger partial charge in [0.05, 0.1) is 10.0 Å². The Balaban J connectivity index is 1.83. The lowest BCUT2D eigenvalue weighted by Gasteiger charge is -2.12. The van der Waals surface area contributed by atoms with E-state index < -0.39 is 0 Å². The number of nitrogens with one attached hydrogen (secondary N) is 1. The van der Waals surface area contributed by atoms with Crippen molar-refractivity contribution < 1.29 is 0 Å². The molecule has 1 aromatic carbocycles. The molecule has 4 heteroatoms. The largest absolute Gasteiger partial charge is 0.312 e. The van der Waals surface area contributed by atoms with E-state index >= 15 is 0 Å². The summed E-state index contributed by atoms with van der Waals surface area (Å²) < 4.78 is 0. The van der Waals surface area contributed by atoms with E-state index in [9.17, 15) is 0 Å². The second-order valence-electron chi connectivity index (χ2n) is 4.49. The first-order valence-electron chi connectivity index (χ1n) is 5.36. The van der Waals surface area contributed by atoms with Crippen molar-refractivity contribution in [1.29, 1.82) is 0 Å². The second-order valence-corrected chi connectivity index (χ2v) is 5.57. The van der Waals surface area contributed by atoms with Gasteiger partial charge in [-0.15, -0.1) is 11.6 Å². The van der Waals surface area contributed by atoms with Gasteiger partial charge < -0.3 is 5.32 Å². The predicted octanol–water partition coefficient (Wildman–Crippen LogP) is 4.10. The fraction of sp³-hybridized carbons (Fsp3) is 0.500. The van der Waals surface area contributed by atoms with Crippen molar-refractivity contribution in [2.24, 2.45) is 5.41 Å². The molecule has 0 aromatic heterocycles. The Hall–Kier alpha value is 0.0500. The van der Waals surface area contributed by atoms with E-state index in [0.717, 1.165) is 24.5 Å². The molecule has 1 aliphatic rings. The van der Waals surface area contributed by atoms with Gasteiger partial charge in [0.1, 0.15) is 0 Å². The molecule has 0 radical (unpaired) electrons. The minimum Gasteiger partial charge on any atom is -0.312 e. The first-order valence-corrected chi connectivity index (χ1v) is 6.65. The molecular formula is C12H14Cl3N. The van der Waals surface area contributed by atoms with E-state index in [-0.39, 0.29) is 0 Å². The Morgan fingerprint density at radius 1 is 1.19 bits per heavy atom. The summed E-state index contributed by atoms with van der Waals surface area (Å²) in [6, 6.07) is 5.72. The van der Waals surface area contributed by atoms with Crippen LogP contribution in [0.15, 0.2) is 18.2 Å². The molecule has 1 aliphatic carbocycles. The number of hydrogen-bond acceptors (Lipinski definition) is 1. The van der Waals surface area contributed by atoms with E-state index in [1.165, 1.54) is 12.8 Å². The summed E-state index contributed by atoms with van der Waals surface area (Å²) >= 11 is 17.7. The van der Waals surface area contributed by atoms with Crippen molar-refractivity contribution in [2.75, 3.05) is 12.4 Å². The van der Waals surface area contributed by atoms with Gasteiger partial charge >= 0.3 is 0 Å². The van der Waals surface area contributed by atoms with Gasteiger partial charge in [-0.05, 0) is 36.0 Å². The van der Waals surface area contributed by atoms with Crippen molar-refractivity contribution in [1.82, 2.24) is 5.32 Å². The highest BCUT2D eigenvalue weighted by molar-refractivity contribution is 6.42. The fourth-order valence-corrected chi connectivity index (χ4v) is 2.34. The molecule has 1 fully saturated rings. The number of alkyl halides is 1. The smallest absolute Gasteiger partial charge is 0.0595 e. The SMILES string of the molecule is ClCC1(CNCc2ccc(Cl)c(Cl)c2)CC1. The summed E-state index contributed by atoms with van der Waals surface area (Å²) in [6.07, 6.45) is 2.48. The Bertz CT molecular complexity index is 375. The molecule has 1 aromatic rings. The van der Waals surface area contributed by atoms with Crippen LogP contribution in [0.5, 0.6) is 0 Å². The van der Waals surface area contributed by atoms with Crippen molar-refractivity contribution in [3.63, 3.8) is 0 Å². The van der Waals surface area contributed by atoms with Crippen LogP contribution >= 0.6 is 34.8 Å². The highest BCUT2D eigenvalue weighted by Crippen LogP contribution is 2.45. The van der Waals surface area contributed by atoms with Crippen LogP contribution in [0.1, 0.15) is 18.4 Å². The quantitative estimate of drug-likeness (QED) is 0.800. The van der Waals surface area contributed by atoms with Crippen LogP contribution in [0.2, 0.25) is 10.0 Å². The van der Waals surface area contributed by atoms with Gasteiger partial charge in [0, 0.05) is 19.0 Å². The molecule has 1 N–H and O–H groups in total. The van der Waals surface area contributed by atoms with Gasteiger partial charge in [0.15, 0.2) is 0 Å². The van der Waals surface area contributed by atoms with Crippen LogP contribution in [-0.4, -0.2) is 12.4 Å². The number of hydrogen-bond donors (Lipinski definition) is 1. The van der Waals surface area contributed by atoms with E-state index in [0.29, 0.717) is 15.5 Å². The first-order chi connectivity index (χ1) is 7.65. The Morgan fingerprint density at radius 3 is 2.50 bits per heavy atom. The summed E-state index contributed by atoms with van der Waals surface area (Å²) in [5, 5.41) is 4.63. The lowest BCUT2D eigenvalue weighted by atomic mass is 10.1. The van der Waals surface area contributed by atoms with Gasteiger partial charge in [-0.1, -0.05) is 29.3 Å². The standard InChI is InChI=1S/C12H14Cl3N/c13-7-12(3-4-12)8-16-6-9-1-2-10(14)11(15)5-9/h1-2,5,16H,3-4,6-8H2. The molecule has 0 saturated heterocycles. The highest BCUT2D eigenvalue weighted by atomic mass is 35.5. The zero-order chi connectivity index (χ0) is 11.6. The first kappa shape index (κ1) is 12.5. The highest BCUT2D eigenvalue weighted by Gasteiger charge is 2.40. The van der Waals surface area contributed by atoms with Crippen molar-refractivity contribution in [2.45, 2.75) is 19.4 Å². The lowest BCUT2D eigenvalue weighted by Crippen LogP contribution is -2.24. The van der Waals surface area contributed by atoms with Crippen LogP contribution < -0.4 is 5.32 Å². The zero-order valence-electron chi connectivity index (χ0n) is 8.90. The van der Waals surface area contributed by atoms with Crippen molar-refractivity contribution in [3.8, 4) is 0 Å². The van der Waals surface area contributed by atoms with E-state index in [4.69, 9.17) is 34.8 Å². The molecule has 0 unspecified atom stereocenters. The van der Waals surface area contributed by atoms with Gasteiger partial charge in [-0.3, -0.25) is 0 Å². The van der Waals surface area contributed by atoms with Gasteiger partial charge in [-0.25, -0.2) is 0 Å². The monoisotopic (exact) mass is 277 g/mol. The molecule has 16 heavy (non-hydrogen) atoms. The molecule has 0 spiro atoms. The molecule has 88 valence electrons. The predicted molar refractivity (Wildman–Crippen MR) is 70.6 cm³/mol. The Kier molecular flexibility index (Phi) is 4.01. The van der Waals surface area contributed by atoms with Gasteiger partial charge in [-0.2, -0.15) is 0 Å². The molecule has 0 bridgehead atoms. The molecule has 0 amide bonds. The second kappa shape index (κ2) is 5.14. The third kappa shape index (κ3) is 3.04. The maximum absolute atomic E-state index is 5.94. The Morgan fingerprint density at radius 2 is 1.94 bits per heavy atom. The van der Waals surface area contributed by atoms with E-state index in [1.807, 2.05) is 18.2 Å². The molecule has 2 rings (SSSR count). The number of halogens is 3. The summed E-state index contributed by atoms with van der Waals surface area (Å²) in [6.45, 7) is 1.80. The molecule has 0 atom stereocenters. The summed E-state index contributed by atoms with van der Waals surface area (Å²) in [5.74, 6) is 0.751. The lowest BCUT2D eigenvalue weighted by molar-refractivity contribution is 0.505. The fourth-order valence-electron chi connectivity index (χ4n) is 1.66. The van der Waals surface area contributed by atoms with Crippen LogP contribution in [0.3, 0.4) is 0 Å². The van der Waals surface area contributed by atoms with Gasteiger partial charge in [0.2, 0.25) is 0 Å². The Labute approximate surface area is 111 Å². The van der Waals surface area contributed by atoms with Crippen LogP contribution in [0.25, 0.3) is 0 Å². The molecule has 1 saturated carbocycles. The number of rotatable bonds is 5. The summed E-state index contributed by atoms with van der Waals surface area (Å²) in [7, 11) is 0. The maximum Gasteiger partial charge on any atom is 0.0595 e. The minimum atomic E-state index is 0.359. The normalized spacial score (nSPS) is 17.4. The van der Waals surface area contributed by atoms with Crippen LogP contribution in [-0.2, 0) is 6.54 Å². The van der Waals surface area contributed by atoms with Crippen molar-refractivity contribution in [3.05, 3.63) is 33.8 Å². The summed E-state index contributed by atoms with van der Waals surface area (Å²) in [4.78, 5) is 0. The topological polar surface area (TPSA) is 12.0 Å². The molecular weight excluding hydrogens is 264 g/mol. The molecule has 0 heterocycles. The summed E-state index contributed by atoms with van der Waals surface area (Å²) in [5.41, 5.74) is 1.51. The van der Waals surface area contributed by atoms with Crippen LogP contribution in [0, 0.1) is 5.41 Å². The van der Waals surface area contributed by atoms with Crippen molar-refractivity contribution >= 4 is 34.8 Å². The molecule has 1 nitrogen and oxygen atoms in total. The number of benzene rings is 1. The molecule has 0 aliphatic heterocycles. The average molecular weight is 279 g/mol. The van der Waals surface area contributed by atoms with Gasteiger partial charge in [0.25, 0.3) is 0 Å². The van der Waals surface area contributed by atoms with Crippen LogP contribution in [0.4, 0.5) is 0 Å².